The van der Waals surface area contributed by atoms with Crippen LogP contribution >= 0.6 is 49.1 Å². The second-order valence-corrected chi connectivity index (χ2v) is 58.0. The molecular weight excluding hydrogens is 1750 g/mol. The van der Waals surface area contributed by atoms with Crippen LogP contribution in [0.4, 0.5) is 0 Å². The zero-order valence-electron chi connectivity index (χ0n) is 64.0. The van der Waals surface area contributed by atoms with Gasteiger partial charge in [0.2, 0.25) is 0 Å². The molecule has 24 rings (SSSR count). The number of hydrogen-bond acceptors (Lipinski definition) is 1. The Balaban J connectivity index is 0.000000105. The van der Waals surface area contributed by atoms with Crippen molar-refractivity contribution in [1.82, 2.24) is 54.8 Å². The van der Waals surface area contributed by atoms with Gasteiger partial charge in [0, 0.05) is 241 Å². The minimum Gasteiger partial charge on any atom is -0.392 e. The van der Waals surface area contributed by atoms with Crippen molar-refractivity contribution < 1.29 is 6.48 Å². The van der Waals surface area contributed by atoms with Gasteiger partial charge in [-0.1, -0.05) is 215 Å². The van der Waals surface area contributed by atoms with Crippen molar-refractivity contribution in [2.24, 2.45) is 0 Å². The molecule has 15 heteroatoms. The van der Waals surface area contributed by atoms with E-state index in [4.69, 9.17) is 6.48 Å². The smallest absolute Gasteiger partial charge is 0.0702 e. The standard InChI is InChI=1S/C27H21N3.C26H21N3.C18H12N2.C17H14N2.C9H9NO.CH3I3.2CH4/c1-4-10-22-16(7-1)19-13-26-21(18-9-3-5-11-23(18)29-26)15-27-20(14-25(19)28-22)17-8-2-6-12-24(17)30-27;1-4-10-23-19(7-1)17(15-27-23)13-22-21-9-3-6-12-25(21)29-26(22)14-18-16-28-24-11-5-2-8-20(18)24;1-3-7-15-11(5-1)13-9-18-14(10-17(13)19-15)12-6-2-4-8-16(12)20-18;1-3-7-16-14(5-1)12(10-18-16)9-13-11-19-17-8-4-2-6-15(13)17;11-6-7-5-10-9-4-2-1-3-8(7)9;1-4(2)3;;/h1-12,28-30H,13-15H2;1-12,15-16,27-29H,13-14H2;1-10,19-20H;1-8,10-11,18-19H,9H2;1-5,10-11H,6H2;1H3;2*1H4/i;;;;;;1T;. The predicted octanol–water partition coefficient (Wildman–Crippen LogP) is 27.5. The maximum Gasteiger partial charge on any atom is 0.0702 e. The van der Waals surface area contributed by atoms with Gasteiger partial charge in [-0.15, -0.1) is 0 Å². The van der Waals surface area contributed by atoms with Crippen LogP contribution in [0.5, 0.6) is 0 Å². The third-order valence-corrected chi connectivity index (χ3v) is 22.5. The molecule has 0 aliphatic heterocycles. The Morgan fingerprint density at radius 2 is 0.522 bits per heavy atom. The number of para-hydroxylation sites is 11. The summed E-state index contributed by atoms with van der Waals surface area (Å²) >= 11 is 4.65. The predicted molar refractivity (Wildman–Crippen MR) is 514 cm³/mol. The third kappa shape index (κ3) is 15.2. The van der Waals surface area contributed by atoms with Gasteiger partial charge in [-0.25, -0.2) is 0 Å². The van der Waals surface area contributed by atoms with E-state index in [1.807, 2.05) is 30.5 Å². The van der Waals surface area contributed by atoms with Gasteiger partial charge in [0.15, 0.2) is 0 Å². The van der Waals surface area contributed by atoms with Crippen LogP contribution in [0.25, 0.3) is 142 Å². The normalized spacial score (nSPS) is 11.9. The number of hydrogen-bond donors (Lipinski definition) is 12. The number of aliphatic hydroxyl groups excluding tert-OH is 1. The number of H-pyrrole nitrogens is 11. The molecule has 12 nitrogen and oxygen atoms in total. The fraction of sp³-hybridized carbons (Fsp3) is 0.100. The fourth-order valence-corrected chi connectivity index (χ4v) is 17.1. The molecule has 0 saturated carbocycles. The van der Waals surface area contributed by atoms with Gasteiger partial charge in [0.1, 0.15) is 0 Å². The Labute approximate surface area is 693 Å². The van der Waals surface area contributed by atoms with Gasteiger partial charge < -0.3 is 59.9 Å². The minimum absolute atomic E-state index is 0. The van der Waals surface area contributed by atoms with Crippen molar-refractivity contribution >= 4 is 191 Å². The molecule has 11 heterocycles. The third-order valence-electron chi connectivity index (χ3n) is 22.5. The van der Waals surface area contributed by atoms with E-state index in [1.165, 1.54) is 206 Å². The summed E-state index contributed by atoms with van der Waals surface area (Å²) in [6.07, 6.45) is 15.9. The quantitative estimate of drug-likeness (QED) is 0.0549. The summed E-state index contributed by atoms with van der Waals surface area (Å²) in [5, 5.41) is 25.7. The molecule has 570 valence electrons. The van der Waals surface area contributed by atoms with Gasteiger partial charge in [-0.2, -0.15) is 0 Å². The second kappa shape index (κ2) is 33.4. The summed E-state index contributed by atoms with van der Waals surface area (Å²) in [7, 11) is 1.25. The Hall–Kier alpha value is -11.8. The molecule has 115 heavy (non-hydrogen) atoms. The molecule has 0 radical (unpaired) electrons. The number of halogens is 3. The molecule has 1 aliphatic rings. The average Bonchev–Trinajstić information content (AvgIpc) is 1.60. The summed E-state index contributed by atoms with van der Waals surface area (Å²) in [6, 6.07) is 98.0. The van der Waals surface area contributed by atoms with E-state index in [-0.39, 0.29) is 25.9 Å². The summed E-state index contributed by atoms with van der Waals surface area (Å²) in [5.41, 5.74) is 32.8. The molecule has 0 saturated heterocycles. The van der Waals surface area contributed by atoms with Crippen molar-refractivity contribution in [3.8, 4) is 0 Å². The number of rotatable bonds is 7. The van der Waals surface area contributed by atoms with Crippen molar-refractivity contribution in [1.29, 1.82) is 0 Å². The first-order valence-electron chi connectivity index (χ1n) is 39.2. The summed E-state index contributed by atoms with van der Waals surface area (Å²) in [6.45, 7) is 0.101. The molecule has 12 aromatic carbocycles. The largest absolute Gasteiger partial charge is 0.392 e. The van der Waals surface area contributed by atoms with Crippen LogP contribution in [0.3, 0.4) is 0 Å². The Morgan fingerprint density at radius 1 is 0.278 bits per heavy atom. The van der Waals surface area contributed by atoms with Crippen molar-refractivity contribution in [3.63, 3.8) is 0 Å². The molecular formula is C100H88I3N11O. The Bertz CT molecular complexity index is 7010. The van der Waals surface area contributed by atoms with Crippen LogP contribution in [0, 0.1) is 0 Å². The van der Waals surface area contributed by atoms with Crippen molar-refractivity contribution in [3.05, 3.63) is 383 Å². The van der Waals surface area contributed by atoms with Gasteiger partial charge >= 0.3 is 54.0 Å². The minimum atomic E-state index is -0.323. The van der Waals surface area contributed by atoms with E-state index in [0.29, 0.717) is 0 Å². The molecule has 12 N–H and O–H groups in total. The van der Waals surface area contributed by atoms with E-state index >= 15 is 0 Å². The zero-order chi connectivity index (χ0) is 77.9. The summed E-state index contributed by atoms with van der Waals surface area (Å²) in [5.74, 6) is 0. The second-order valence-electron chi connectivity index (χ2n) is 29.2. The molecule has 0 spiro atoms. The van der Waals surface area contributed by atoms with Crippen molar-refractivity contribution in [2.75, 3.05) is 4.93 Å². The van der Waals surface area contributed by atoms with Crippen LogP contribution in [-0.4, -0.2) is 64.9 Å². The van der Waals surface area contributed by atoms with Crippen LogP contribution in [-0.2, 0) is 45.1 Å². The molecule has 0 amide bonds. The van der Waals surface area contributed by atoms with Gasteiger partial charge in [-0.3, -0.25) is 0 Å². The monoisotopic (exact) mass is 1840 g/mol. The first-order valence-corrected chi connectivity index (χ1v) is 52.9. The van der Waals surface area contributed by atoms with Crippen LogP contribution in [0.15, 0.2) is 310 Å². The number of fused-ring (bicyclic) bond motifs is 21. The number of aromatic amines is 11. The van der Waals surface area contributed by atoms with Crippen LogP contribution < -0.4 is 0 Å². The van der Waals surface area contributed by atoms with Gasteiger partial charge in [0.05, 0.1) is 6.61 Å². The molecule has 23 aromatic rings. The molecule has 0 fully saturated rings. The van der Waals surface area contributed by atoms with E-state index < -0.39 is 0 Å². The first kappa shape index (κ1) is 74.7. The number of alkyl halides is 1. The molecule has 0 atom stereocenters. The molecule has 0 bridgehead atoms. The van der Waals surface area contributed by atoms with E-state index in [0.717, 1.165) is 55.0 Å². The Kier molecular flexibility index (Phi) is 21.7. The summed E-state index contributed by atoms with van der Waals surface area (Å²) in [4.78, 5) is 40.8. The Morgan fingerprint density at radius 3 is 0.852 bits per heavy atom. The van der Waals surface area contributed by atoms with Crippen LogP contribution in [0.1, 0.15) is 89.0 Å². The van der Waals surface area contributed by atoms with Crippen LogP contribution in [0.2, 0.25) is 0 Å². The molecule has 11 aromatic heterocycles. The topological polar surface area (TPSA) is 194 Å². The molecule has 1 aliphatic carbocycles. The first-order chi connectivity index (χ1) is 56.7. The molecule has 0 unspecified atom stereocenters. The van der Waals surface area contributed by atoms with Crippen molar-refractivity contribution in [2.45, 2.75) is 60.0 Å². The average molecular weight is 1840 g/mol. The van der Waals surface area contributed by atoms with Gasteiger partial charge in [-0.05, 0) is 123 Å². The van der Waals surface area contributed by atoms with E-state index in [1.54, 1.807) is 0 Å². The van der Waals surface area contributed by atoms with E-state index in [2.05, 4.69) is 377 Å². The van der Waals surface area contributed by atoms with Gasteiger partial charge in [0.25, 0.3) is 0 Å². The fourth-order valence-electron chi connectivity index (χ4n) is 17.1. The number of aliphatic hydroxyl groups is 1. The number of benzene rings is 12. The van der Waals surface area contributed by atoms with E-state index in [9.17, 15) is 0 Å². The summed E-state index contributed by atoms with van der Waals surface area (Å²) < 4.78 is 5.75. The number of aromatic nitrogens is 11. The SMILES string of the molecule is C.CI(I)I.OCc1c[nH]c2ccccc12.[3H]C.c1ccc2c(Cc3[nH]c4ccccc4c3Cc3c[nH]c4ccccc34)c[nH]c2c1.c1ccc2c(Cc3c[nH]c4ccccc34)c[nH]c2c1.c1ccc2c(c1)[nH]c1cc3c(cc12)[nH]c1ccccc13.c1ccc2c3c([nH]c2c1)Cc1c([nH]c2ccccc12)Cc1c([nH]c2ccccc12)C3. The maximum absolute atomic E-state index is 8.90. The maximum atomic E-state index is 8.90. The number of nitrogens with one attached hydrogen (secondary N) is 11. The zero-order valence-corrected chi connectivity index (χ0v) is 69.4.